The van der Waals surface area contributed by atoms with Gasteiger partial charge in [0.15, 0.2) is 5.16 Å². The Morgan fingerprint density at radius 2 is 2.00 bits per heavy atom. The minimum atomic E-state index is -0.348. The maximum absolute atomic E-state index is 12.9. The van der Waals surface area contributed by atoms with Gasteiger partial charge in [-0.1, -0.05) is 30.7 Å². The van der Waals surface area contributed by atoms with Gasteiger partial charge in [0.25, 0.3) is 0 Å². The first kappa shape index (κ1) is 24.0. The number of nitrogens with one attached hydrogen (secondary N) is 1. The third kappa shape index (κ3) is 5.51. The number of thiophene rings is 1. The van der Waals surface area contributed by atoms with E-state index >= 15 is 0 Å². The first-order valence-corrected chi connectivity index (χ1v) is 13.6. The molecule has 9 heteroatoms. The molecule has 0 aromatic carbocycles. The second kappa shape index (κ2) is 10.9. The van der Waals surface area contributed by atoms with E-state index in [4.69, 9.17) is 4.74 Å². The normalized spacial score (nSPS) is 16.1. The Balaban J connectivity index is 1.47. The fourth-order valence-corrected chi connectivity index (χ4v) is 6.68. The lowest BCUT2D eigenvalue weighted by Crippen LogP contribution is -2.19. The molecule has 0 spiro atoms. The molecule has 0 radical (unpaired) electrons. The van der Waals surface area contributed by atoms with Crippen molar-refractivity contribution in [2.75, 3.05) is 11.1 Å². The van der Waals surface area contributed by atoms with Gasteiger partial charge >= 0.3 is 5.97 Å². The second-order valence-electron chi connectivity index (χ2n) is 8.93. The molecule has 1 N–H and O–H groups in total. The average molecular weight is 489 g/mol. The summed E-state index contributed by atoms with van der Waals surface area (Å²) in [6.45, 7) is 8.17. The van der Waals surface area contributed by atoms with Crippen LogP contribution in [0.2, 0.25) is 0 Å². The summed E-state index contributed by atoms with van der Waals surface area (Å²) in [5.41, 5.74) is 1.59. The summed E-state index contributed by atoms with van der Waals surface area (Å²) >= 11 is 2.88. The van der Waals surface area contributed by atoms with Crippen molar-refractivity contribution in [1.82, 2.24) is 14.8 Å². The number of anilines is 1. The number of fused-ring (bicyclic) bond motifs is 1. The van der Waals surface area contributed by atoms with Crippen LogP contribution in [0, 0.1) is 0 Å². The molecule has 2 aromatic rings. The monoisotopic (exact) mass is 488 g/mol. The first-order valence-electron chi connectivity index (χ1n) is 11.8. The Bertz CT molecular complexity index is 1020. The Morgan fingerprint density at radius 1 is 1.24 bits per heavy atom. The maximum Gasteiger partial charge on any atom is 0.341 e. The molecule has 4 rings (SSSR count). The Hall–Kier alpha value is -2.13. The number of aryl methyl sites for hydroxylation is 1. The number of rotatable bonds is 9. The Morgan fingerprint density at radius 3 is 2.73 bits per heavy atom. The minimum absolute atomic E-state index is 0.159. The van der Waals surface area contributed by atoms with Crippen LogP contribution in [0.5, 0.6) is 0 Å². The number of thioether (sulfide) groups is 1. The molecule has 1 saturated carbocycles. The van der Waals surface area contributed by atoms with Crippen LogP contribution in [0.1, 0.15) is 84.9 Å². The number of hydrogen-bond acceptors (Lipinski definition) is 7. The van der Waals surface area contributed by atoms with E-state index in [1.807, 2.05) is 19.9 Å². The van der Waals surface area contributed by atoms with Crippen molar-refractivity contribution in [3.05, 3.63) is 34.5 Å². The molecule has 0 bridgehead atoms. The van der Waals surface area contributed by atoms with Gasteiger partial charge in [-0.25, -0.2) is 4.79 Å². The van der Waals surface area contributed by atoms with Crippen molar-refractivity contribution in [3.63, 3.8) is 0 Å². The van der Waals surface area contributed by atoms with Gasteiger partial charge in [0, 0.05) is 17.3 Å². The van der Waals surface area contributed by atoms with E-state index in [1.54, 1.807) is 0 Å². The standard InChI is InChI=1S/C24H32N4O3S2/c1-4-13-28-21(16-9-5-6-10-16)26-27-24(28)32-14-19(29)25-22-20(23(30)31-15(2)3)17-11-7-8-12-18(17)33-22/h4,15-16H,1,5-14H2,2-3H3,(H,25,29). The Kier molecular flexibility index (Phi) is 7.90. The molecule has 0 aliphatic heterocycles. The smallest absolute Gasteiger partial charge is 0.341 e. The zero-order valence-electron chi connectivity index (χ0n) is 19.4. The molecule has 2 aliphatic rings. The van der Waals surface area contributed by atoms with E-state index in [0.717, 1.165) is 55.1 Å². The highest BCUT2D eigenvalue weighted by Crippen LogP contribution is 2.39. The lowest BCUT2D eigenvalue weighted by atomic mass is 9.95. The lowest BCUT2D eigenvalue weighted by molar-refractivity contribution is -0.113. The summed E-state index contributed by atoms with van der Waals surface area (Å²) in [4.78, 5) is 26.9. The van der Waals surface area contributed by atoms with E-state index < -0.39 is 0 Å². The number of esters is 1. The van der Waals surface area contributed by atoms with Crippen LogP contribution < -0.4 is 5.32 Å². The van der Waals surface area contributed by atoms with Gasteiger partial charge in [-0.15, -0.1) is 28.1 Å². The summed E-state index contributed by atoms with van der Waals surface area (Å²) in [6, 6.07) is 0. The first-order chi connectivity index (χ1) is 16.0. The molecule has 2 aliphatic carbocycles. The van der Waals surface area contributed by atoms with Crippen molar-refractivity contribution >= 4 is 40.0 Å². The highest BCUT2D eigenvalue weighted by molar-refractivity contribution is 7.99. The molecule has 0 atom stereocenters. The van der Waals surface area contributed by atoms with Gasteiger partial charge in [-0.3, -0.25) is 4.79 Å². The average Bonchev–Trinajstić information content (AvgIpc) is 3.50. The third-order valence-electron chi connectivity index (χ3n) is 6.08. The van der Waals surface area contributed by atoms with Gasteiger partial charge in [0.05, 0.1) is 17.4 Å². The SMILES string of the molecule is C=CCn1c(SCC(=O)Nc2sc3c(c2C(=O)OC(C)C)CCCC3)nnc1C1CCCC1. The number of aromatic nitrogens is 3. The van der Waals surface area contributed by atoms with E-state index in [1.165, 1.54) is 40.8 Å². The summed E-state index contributed by atoms with van der Waals surface area (Å²) in [5, 5.41) is 13.1. The molecule has 178 valence electrons. The minimum Gasteiger partial charge on any atom is -0.459 e. The van der Waals surface area contributed by atoms with Crippen molar-refractivity contribution < 1.29 is 14.3 Å². The summed E-state index contributed by atoms with van der Waals surface area (Å²) in [7, 11) is 0. The van der Waals surface area contributed by atoms with Crippen LogP contribution >= 0.6 is 23.1 Å². The van der Waals surface area contributed by atoms with Crippen LogP contribution in [-0.4, -0.2) is 38.5 Å². The molecular formula is C24H32N4O3S2. The number of hydrogen-bond donors (Lipinski definition) is 1. The van der Waals surface area contributed by atoms with Gasteiger partial charge in [-0.05, 0) is 57.9 Å². The number of ether oxygens (including phenoxy) is 1. The number of amides is 1. The second-order valence-corrected chi connectivity index (χ2v) is 11.0. The predicted octanol–water partition coefficient (Wildman–Crippen LogP) is 5.36. The predicted molar refractivity (Wildman–Crippen MR) is 132 cm³/mol. The number of carbonyl (C=O) groups is 2. The summed E-state index contributed by atoms with van der Waals surface area (Å²) < 4.78 is 7.57. The largest absolute Gasteiger partial charge is 0.459 e. The molecule has 7 nitrogen and oxygen atoms in total. The highest BCUT2D eigenvalue weighted by Gasteiger charge is 2.28. The highest BCUT2D eigenvalue weighted by atomic mass is 32.2. The van der Waals surface area contributed by atoms with Crippen LogP contribution in [-0.2, 0) is 28.9 Å². The molecular weight excluding hydrogens is 456 g/mol. The molecule has 0 unspecified atom stereocenters. The maximum atomic E-state index is 12.9. The van der Waals surface area contributed by atoms with Crippen LogP contribution in [0.3, 0.4) is 0 Å². The van der Waals surface area contributed by atoms with Gasteiger partial charge in [0.1, 0.15) is 10.8 Å². The van der Waals surface area contributed by atoms with Crippen LogP contribution in [0.25, 0.3) is 0 Å². The molecule has 2 aromatic heterocycles. The zero-order chi connectivity index (χ0) is 23.4. The molecule has 0 saturated heterocycles. The van der Waals surface area contributed by atoms with Gasteiger partial charge in [0.2, 0.25) is 5.91 Å². The number of allylic oxidation sites excluding steroid dienone is 1. The summed E-state index contributed by atoms with van der Waals surface area (Å²) in [6.07, 6.45) is 10.3. The topological polar surface area (TPSA) is 86.1 Å². The van der Waals surface area contributed by atoms with Crippen LogP contribution in [0.15, 0.2) is 17.8 Å². The van der Waals surface area contributed by atoms with Crippen molar-refractivity contribution in [1.29, 1.82) is 0 Å². The molecule has 1 amide bonds. The number of nitrogens with zero attached hydrogens (tertiary/aromatic N) is 3. The van der Waals surface area contributed by atoms with E-state index in [9.17, 15) is 9.59 Å². The number of carbonyl (C=O) groups excluding carboxylic acids is 2. The van der Waals surface area contributed by atoms with E-state index in [0.29, 0.717) is 23.0 Å². The fourth-order valence-electron chi connectivity index (χ4n) is 4.63. The lowest BCUT2D eigenvalue weighted by Gasteiger charge is -2.14. The molecule has 1 fully saturated rings. The fraction of sp³-hybridized carbons (Fsp3) is 0.583. The molecule has 2 heterocycles. The van der Waals surface area contributed by atoms with E-state index in [-0.39, 0.29) is 23.7 Å². The zero-order valence-corrected chi connectivity index (χ0v) is 21.0. The summed E-state index contributed by atoms with van der Waals surface area (Å²) in [5.74, 6) is 1.13. The van der Waals surface area contributed by atoms with Crippen molar-refractivity contribution in [2.24, 2.45) is 0 Å². The molecule has 33 heavy (non-hydrogen) atoms. The third-order valence-corrected chi connectivity index (χ3v) is 8.25. The van der Waals surface area contributed by atoms with E-state index in [2.05, 4.69) is 26.7 Å². The van der Waals surface area contributed by atoms with Crippen molar-refractivity contribution in [3.8, 4) is 0 Å². The van der Waals surface area contributed by atoms with Gasteiger partial charge in [-0.2, -0.15) is 0 Å². The van der Waals surface area contributed by atoms with Gasteiger partial charge < -0.3 is 14.6 Å². The Labute approximate surface area is 203 Å². The van der Waals surface area contributed by atoms with Crippen LogP contribution in [0.4, 0.5) is 5.00 Å². The van der Waals surface area contributed by atoms with Crippen molar-refractivity contribution in [2.45, 2.75) is 88.9 Å². The quantitative estimate of drug-likeness (QED) is 0.291.